The number of ether oxygens (including phenoxy) is 5. The molecule has 2 N–H and O–H groups in total. The molecule has 0 bridgehead atoms. The molecule has 0 unspecified atom stereocenters. The van der Waals surface area contributed by atoms with Gasteiger partial charge in [-0.25, -0.2) is 0 Å². The molecule has 0 amide bonds. The second-order valence-electron chi connectivity index (χ2n) is 20.7. The van der Waals surface area contributed by atoms with Gasteiger partial charge >= 0.3 is 7.60 Å². The minimum absolute atomic E-state index is 0.283. The number of carbonyl (C=O) groups is 1. The maximum Gasteiger partial charge on any atom is 0.335 e. The van der Waals surface area contributed by atoms with Crippen LogP contribution in [0.2, 0.25) is 0 Å². The molecule has 0 saturated carbocycles. The van der Waals surface area contributed by atoms with Gasteiger partial charge in [0.25, 0.3) is 0 Å². The Balaban J connectivity index is 0.000000254. The molecule has 0 heterocycles. The van der Waals surface area contributed by atoms with Crippen LogP contribution in [0.1, 0.15) is 85.4 Å². The van der Waals surface area contributed by atoms with E-state index < -0.39 is 7.60 Å². The second-order valence-corrected chi connectivity index (χ2v) is 24.8. The van der Waals surface area contributed by atoms with Crippen molar-refractivity contribution in [3.8, 4) is 34.5 Å². The number of hydrogen-bond donors (Lipinski definition) is 2. The summed E-state index contributed by atoms with van der Waals surface area (Å²) in [5, 5.41) is 18.0. The summed E-state index contributed by atoms with van der Waals surface area (Å²) in [7, 11) is 3.54. The zero-order chi connectivity index (χ0) is 71.9. The van der Waals surface area contributed by atoms with Gasteiger partial charge in [0.1, 0.15) is 40.8 Å². The maximum absolute atomic E-state index is 12.3. The fourth-order valence-electron chi connectivity index (χ4n) is 8.08. The number of benzene rings is 10. The molecule has 0 aliphatic heterocycles. The number of halogens is 3. The predicted octanol–water partition coefficient (Wildman–Crippen LogP) is 23.5. The topological polar surface area (TPSA) is 139 Å². The van der Waals surface area contributed by atoms with Gasteiger partial charge in [0.05, 0.1) is 40.7 Å². The first-order valence-electron chi connectivity index (χ1n) is 31.2. The molecule has 15 heteroatoms. The average molecular weight is 1500 g/mol. The maximum atomic E-state index is 12.3. The number of phenols is 2. The quantitative estimate of drug-likeness (QED) is 0.0208. The van der Waals surface area contributed by atoms with Crippen LogP contribution in [0, 0.1) is 0 Å². The van der Waals surface area contributed by atoms with Crippen molar-refractivity contribution in [3.63, 3.8) is 0 Å². The van der Waals surface area contributed by atoms with Crippen molar-refractivity contribution in [3.05, 3.63) is 338 Å². The van der Waals surface area contributed by atoms with Crippen LogP contribution in [-0.4, -0.2) is 64.9 Å². The van der Waals surface area contributed by atoms with Crippen LogP contribution in [0.25, 0.3) is 54.7 Å². The lowest BCUT2D eigenvalue weighted by Gasteiger charge is -2.16. The molecule has 514 valence electrons. The van der Waals surface area contributed by atoms with Gasteiger partial charge in [-0.05, 0) is 184 Å². The normalized spacial score (nSPS) is 10.4. The molecular weight excluding hydrogens is 1410 g/mol. The summed E-state index contributed by atoms with van der Waals surface area (Å²) in [6.45, 7) is 15.8. The average Bonchev–Trinajstić information content (AvgIpc) is 2.15. The molecule has 0 aliphatic carbocycles. The van der Waals surface area contributed by atoms with Crippen LogP contribution in [0.4, 0.5) is 0 Å². The number of aromatic hydroxyl groups is 2. The summed E-state index contributed by atoms with van der Waals surface area (Å²) in [6, 6.07) is 76.8. The largest absolute Gasteiger partial charge is 0.508 e. The highest BCUT2D eigenvalue weighted by Crippen LogP contribution is 2.51. The highest BCUT2D eigenvalue weighted by Gasteiger charge is 2.23. The van der Waals surface area contributed by atoms with E-state index in [0.29, 0.717) is 43.4 Å². The monoisotopic (exact) mass is 1490 g/mol. The minimum Gasteiger partial charge on any atom is -0.508 e. The van der Waals surface area contributed by atoms with E-state index in [2.05, 4.69) is 131 Å². The van der Waals surface area contributed by atoms with Crippen molar-refractivity contribution in [2.45, 2.75) is 25.9 Å². The van der Waals surface area contributed by atoms with Crippen molar-refractivity contribution in [1.82, 2.24) is 0 Å². The summed E-state index contributed by atoms with van der Waals surface area (Å²) < 4.78 is 49.9. The highest BCUT2D eigenvalue weighted by molar-refractivity contribution is 9.10. The van der Waals surface area contributed by atoms with Crippen LogP contribution in [0.15, 0.2) is 271 Å². The van der Waals surface area contributed by atoms with Gasteiger partial charge in [-0.3, -0.25) is 9.36 Å². The van der Waals surface area contributed by atoms with Crippen molar-refractivity contribution in [2.24, 2.45) is 0 Å². The fourth-order valence-corrected chi connectivity index (χ4v) is 10.5. The molecule has 0 saturated heterocycles. The Morgan fingerprint density at radius 1 is 0.384 bits per heavy atom. The van der Waals surface area contributed by atoms with Crippen molar-refractivity contribution < 1.29 is 52.3 Å². The van der Waals surface area contributed by atoms with Crippen LogP contribution in [0.3, 0.4) is 0 Å². The Hall–Kier alpha value is -9.53. The highest BCUT2D eigenvalue weighted by atomic mass is 79.9. The Kier molecular flexibility index (Phi) is 39.9. The SMILES string of the molecule is C=Cc1ccc(/C=C/c2ccc(OC)cc2)cc1.C=Cc1ccc(CCl)cc1.C=Cc1ccc(CP(=O)(OCC)OCC)cc1.COCOc1ccc(Br)cc1.COc1ccc(/C=C/c2ccc(/C=C/c3ccc(O)cc3)cc2)cc1.COc1ccc(C=O)cc1.Oc1ccc(Br)cc1. The van der Waals surface area contributed by atoms with E-state index in [1.165, 1.54) is 5.56 Å². The summed E-state index contributed by atoms with van der Waals surface area (Å²) >= 11 is 12.2. The fraction of sp³-hybridized carbons (Fsp3) is 0.131. The van der Waals surface area contributed by atoms with Crippen LogP contribution in [-0.2, 0) is 30.4 Å². The van der Waals surface area contributed by atoms with Gasteiger partial charge in [-0.1, -0.05) is 240 Å². The van der Waals surface area contributed by atoms with Crippen molar-refractivity contribution >= 4 is 112 Å². The molecular formula is C84H86Br2ClO11P. The first-order valence-corrected chi connectivity index (χ1v) is 35.1. The van der Waals surface area contributed by atoms with Gasteiger partial charge in [0.2, 0.25) is 0 Å². The van der Waals surface area contributed by atoms with Crippen LogP contribution in [0.5, 0.6) is 34.5 Å². The molecule has 0 spiro atoms. The lowest BCUT2D eigenvalue weighted by atomic mass is 10.1. The van der Waals surface area contributed by atoms with E-state index >= 15 is 0 Å². The molecule has 0 fully saturated rings. The van der Waals surface area contributed by atoms with E-state index in [0.717, 1.165) is 93.9 Å². The smallest absolute Gasteiger partial charge is 0.335 e. The zero-order valence-electron chi connectivity index (χ0n) is 56.7. The van der Waals surface area contributed by atoms with E-state index in [9.17, 15) is 14.5 Å². The standard InChI is InChI=1S/C23H20O2.C17H16O.C13H19O3P.C9H9Cl.C8H9BrO2.C8H8O2.C6H5BrO/c1-25-23-16-12-21(13-17-23)9-7-19-4-2-18(3-5-19)6-8-20-10-14-22(24)15-11-20;1-3-14-4-6-15(7-5-14)8-9-16-10-12-17(18-2)13-11-16;1-4-12-7-9-13(10-8-12)11-17(14,15-5-2)16-6-3;1-2-8-3-5-9(7-10)6-4-8;1-10-6-11-8-4-2-7(9)3-5-8;1-10-8-4-2-7(6-9)3-5-8;7-5-1-3-6(8)4-2-5/h2-17,24H,1H3;3-13H,1H2,2H3;4,7-10H,1,5-6,11H2,2-3H3;2-6H,1,7H2;2-5H,6H2,1H3;2-6H,1H3;1-4,8H/b8-6+,9-7+;9-8+;;;;;. The van der Waals surface area contributed by atoms with Crippen molar-refractivity contribution in [1.29, 1.82) is 0 Å². The van der Waals surface area contributed by atoms with Crippen LogP contribution >= 0.6 is 51.1 Å². The van der Waals surface area contributed by atoms with Gasteiger partial charge in [-0.2, -0.15) is 0 Å². The number of aldehydes is 1. The minimum atomic E-state index is -2.99. The number of rotatable bonds is 23. The van der Waals surface area contributed by atoms with Gasteiger partial charge in [-0.15, -0.1) is 11.6 Å². The van der Waals surface area contributed by atoms with Gasteiger partial charge in [0, 0.05) is 27.5 Å². The molecule has 0 atom stereocenters. The Bertz CT molecular complexity index is 3930. The lowest BCUT2D eigenvalue weighted by molar-refractivity contribution is 0.0511. The predicted molar refractivity (Wildman–Crippen MR) is 422 cm³/mol. The third-order valence-corrected chi connectivity index (χ3v) is 16.9. The molecule has 99 heavy (non-hydrogen) atoms. The Morgan fingerprint density at radius 3 is 0.929 bits per heavy atom. The lowest BCUT2D eigenvalue weighted by Crippen LogP contribution is -1.99. The third kappa shape index (κ3) is 34.5. The molecule has 10 aromatic carbocycles. The number of carbonyl (C=O) groups excluding carboxylic acids is 1. The van der Waals surface area contributed by atoms with E-state index in [-0.39, 0.29) is 5.75 Å². The van der Waals surface area contributed by atoms with E-state index in [1.807, 2.05) is 166 Å². The molecule has 0 aromatic heterocycles. The second kappa shape index (κ2) is 48.2. The van der Waals surface area contributed by atoms with E-state index in [1.54, 1.807) is 95.2 Å². The summed E-state index contributed by atoms with van der Waals surface area (Å²) in [5.74, 6) is 4.49. The number of hydrogen-bond acceptors (Lipinski definition) is 11. The Labute approximate surface area is 607 Å². The molecule has 10 aromatic rings. The zero-order valence-corrected chi connectivity index (χ0v) is 61.5. The summed E-state index contributed by atoms with van der Waals surface area (Å²) in [6.07, 6.45) is 19.0. The summed E-state index contributed by atoms with van der Waals surface area (Å²) in [4.78, 5) is 10.2. The first kappa shape index (κ1) is 81.9. The molecule has 10 rings (SSSR count). The van der Waals surface area contributed by atoms with E-state index in [4.69, 9.17) is 49.4 Å². The van der Waals surface area contributed by atoms with Crippen LogP contribution < -0.4 is 18.9 Å². The first-order chi connectivity index (χ1) is 48.0. The third-order valence-electron chi connectivity index (χ3n) is 13.5. The molecule has 0 radical (unpaired) electrons. The number of alkyl halides is 1. The van der Waals surface area contributed by atoms with Gasteiger partial charge < -0.3 is 42.9 Å². The molecule has 0 aliphatic rings. The molecule has 11 nitrogen and oxygen atoms in total. The van der Waals surface area contributed by atoms with Gasteiger partial charge in [0.15, 0.2) is 6.79 Å². The van der Waals surface area contributed by atoms with Crippen molar-refractivity contribution in [2.75, 3.05) is 48.4 Å². The summed E-state index contributed by atoms with van der Waals surface area (Å²) in [5.41, 5.74) is 12.9. The Morgan fingerprint density at radius 2 is 0.646 bits per heavy atom. The number of phenolic OH excluding ortho intramolecular Hbond substituents is 2. The number of methoxy groups -OCH3 is 4.